The van der Waals surface area contributed by atoms with Crippen LogP contribution in [0.25, 0.3) is 0 Å². The van der Waals surface area contributed by atoms with Crippen LogP contribution in [0.15, 0.2) is 12.1 Å². The molecule has 0 aliphatic carbocycles. The minimum Gasteiger partial charge on any atom is -0.304 e. The highest BCUT2D eigenvalue weighted by Gasteiger charge is 2.22. The normalized spacial score (nSPS) is 17.4. The molecule has 0 spiro atoms. The standard InChI is InChI=1S/C9H11NOS/c1-7-4-5-9(12-7)10-6-2-3-8(10)11/h4-5H,2-3,6H2,1H3. The molecule has 2 nitrogen and oxygen atoms in total. The number of hydrogen-bond donors (Lipinski definition) is 0. The lowest BCUT2D eigenvalue weighted by Gasteiger charge is -2.11. The maximum atomic E-state index is 11.3. The van der Waals surface area contributed by atoms with Gasteiger partial charge in [0.2, 0.25) is 5.91 Å². The summed E-state index contributed by atoms with van der Waals surface area (Å²) in [5.74, 6) is 0.275. The number of hydrogen-bond acceptors (Lipinski definition) is 2. The summed E-state index contributed by atoms with van der Waals surface area (Å²) >= 11 is 1.69. The first-order valence-electron chi connectivity index (χ1n) is 4.14. The van der Waals surface area contributed by atoms with Crippen LogP contribution in [0, 0.1) is 6.92 Å². The topological polar surface area (TPSA) is 20.3 Å². The third kappa shape index (κ3) is 1.25. The van der Waals surface area contributed by atoms with E-state index in [0.717, 1.165) is 24.4 Å². The molecule has 12 heavy (non-hydrogen) atoms. The summed E-state index contributed by atoms with van der Waals surface area (Å²) in [6, 6.07) is 4.09. The Kier molecular flexibility index (Phi) is 1.89. The lowest BCUT2D eigenvalue weighted by molar-refractivity contribution is -0.117. The van der Waals surface area contributed by atoms with E-state index in [1.54, 1.807) is 11.3 Å². The highest BCUT2D eigenvalue weighted by molar-refractivity contribution is 7.16. The molecular formula is C9H11NOS. The summed E-state index contributed by atoms with van der Waals surface area (Å²) in [4.78, 5) is 14.5. The zero-order valence-corrected chi connectivity index (χ0v) is 7.86. The minimum atomic E-state index is 0.275. The number of nitrogens with zero attached hydrogens (tertiary/aromatic N) is 1. The van der Waals surface area contributed by atoms with Crippen LogP contribution in [0.4, 0.5) is 5.00 Å². The second kappa shape index (κ2) is 2.90. The molecule has 1 amide bonds. The van der Waals surface area contributed by atoms with Gasteiger partial charge in [0.25, 0.3) is 0 Å². The predicted octanol–water partition coefficient (Wildman–Crippen LogP) is 2.18. The average Bonchev–Trinajstić information content (AvgIpc) is 2.58. The van der Waals surface area contributed by atoms with Gasteiger partial charge in [-0.05, 0) is 25.5 Å². The Balaban J connectivity index is 2.24. The van der Waals surface area contributed by atoms with Crippen molar-refractivity contribution in [2.75, 3.05) is 11.4 Å². The first kappa shape index (κ1) is 7.80. The Morgan fingerprint density at radius 2 is 2.33 bits per heavy atom. The van der Waals surface area contributed by atoms with Crippen LogP contribution >= 0.6 is 11.3 Å². The Labute approximate surface area is 75.8 Å². The van der Waals surface area contributed by atoms with Crippen molar-refractivity contribution in [2.24, 2.45) is 0 Å². The maximum absolute atomic E-state index is 11.3. The molecule has 1 aromatic heterocycles. The van der Waals surface area contributed by atoms with Crippen LogP contribution in [-0.2, 0) is 4.79 Å². The summed E-state index contributed by atoms with van der Waals surface area (Å²) in [7, 11) is 0. The third-order valence-electron chi connectivity index (χ3n) is 2.07. The molecule has 0 unspecified atom stereocenters. The fourth-order valence-corrected chi connectivity index (χ4v) is 2.35. The van der Waals surface area contributed by atoms with Gasteiger partial charge in [-0.2, -0.15) is 0 Å². The predicted molar refractivity (Wildman–Crippen MR) is 50.6 cm³/mol. The number of aryl methyl sites for hydroxylation is 1. The van der Waals surface area contributed by atoms with Gasteiger partial charge in [0.1, 0.15) is 0 Å². The van der Waals surface area contributed by atoms with E-state index in [4.69, 9.17) is 0 Å². The van der Waals surface area contributed by atoms with Gasteiger partial charge in [-0.15, -0.1) is 11.3 Å². The molecule has 1 aliphatic rings. The van der Waals surface area contributed by atoms with Gasteiger partial charge in [0, 0.05) is 17.8 Å². The lowest BCUT2D eigenvalue weighted by atomic mass is 10.4. The third-order valence-corrected chi connectivity index (χ3v) is 3.09. The lowest BCUT2D eigenvalue weighted by Crippen LogP contribution is -2.22. The quantitative estimate of drug-likeness (QED) is 0.650. The molecule has 0 bridgehead atoms. The number of carbonyl (C=O) groups excluding carboxylic acids is 1. The summed E-state index contributed by atoms with van der Waals surface area (Å²) in [6.45, 7) is 2.97. The van der Waals surface area contributed by atoms with Gasteiger partial charge in [-0.25, -0.2) is 0 Å². The smallest absolute Gasteiger partial charge is 0.227 e. The molecule has 1 aliphatic heterocycles. The molecule has 1 aromatic rings. The molecule has 1 saturated heterocycles. The van der Waals surface area contributed by atoms with E-state index < -0.39 is 0 Å². The minimum absolute atomic E-state index is 0.275. The van der Waals surface area contributed by atoms with Crippen molar-refractivity contribution < 1.29 is 4.79 Å². The summed E-state index contributed by atoms with van der Waals surface area (Å²) < 4.78 is 0. The zero-order valence-electron chi connectivity index (χ0n) is 7.04. The molecule has 3 heteroatoms. The second-order valence-electron chi connectivity index (χ2n) is 3.03. The number of amides is 1. The van der Waals surface area contributed by atoms with Crippen LogP contribution in [-0.4, -0.2) is 12.5 Å². The highest BCUT2D eigenvalue weighted by atomic mass is 32.1. The summed E-state index contributed by atoms with van der Waals surface area (Å²) in [6.07, 6.45) is 1.73. The largest absolute Gasteiger partial charge is 0.304 e. The number of carbonyl (C=O) groups is 1. The SMILES string of the molecule is Cc1ccc(N2CCCC2=O)s1. The average molecular weight is 181 g/mol. The Bertz CT molecular complexity index is 305. The van der Waals surface area contributed by atoms with E-state index in [9.17, 15) is 4.79 Å². The molecule has 0 aromatic carbocycles. The van der Waals surface area contributed by atoms with Crippen LogP contribution in [0.5, 0.6) is 0 Å². The Hall–Kier alpha value is -0.830. The molecule has 1 fully saturated rings. The van der Waals surface area contributed by atoms with Crippen molar-refractivity contribution in [1.82, 2.24) is 0 Å². The summed E-state index contributed by atoms with van der Waals surface area (Å²) in [5, 5.41) is 1.11. The van der Waals surface area contributed by atoms with Crippen molar-refractivity contribution in [3.8, 4) is 0 Å². The molecule has 0 radical (unpaired) electrons. The van der Waals surface area contributed by atoms with E-state index in [2.05, 4.69) is 13.0 Å². The molecule has 0 N–H and O–H groups in total. The molecule has 0 atom stereocenters. The van der Waals surface area contributed by atoms with Crippen molar-refractivity contribution in [1.29, 1.82) is 0 Å². The maximum Gasteiger partial charge on any atom is 0.227 e. The van der Waals surface area contributed by atoms with Crippen molar-refractivity contribution in [3.05, 3.63) is 17.0 Å². The Morgan fingerprint density at radius 3 is 2.83 bits per heavy atom. The first-order valence-corrected chi connectivity index (χ1v) is 4.96. The van der Waals surface area contributed by atoms with Crippen LogP contribution in [0.3, 0.4) is 0 Å². The second-order valence-corrected chi connectivity index (χ2v) is 4.30. The van der Waals surface area contributed by atoms with Crippen LogP contribution in [0.2, 0.25) is 0 Å². The van der Waals surface area contributed by atoms with Crippen molar-refractivity contribution in [2.45, 2.75) is 19.8 Å². The molecular weight excluding hydrogens is 170 g/mol. The zero-order chi connectivity index (χ0) is 8.55. The molecule has 2 rings (SSSR count). The van der Waals surface area contributed by atoms with E-state index in [1.165, 1.54) is 4.88 Å². The van der Waals surface area contributed by atoms with Crippen molar-refractivity contribution >= 4 is 22.2 Å². The highest BCUT2D eigenvalue weighted by Crippen LogP contribution is 2.28. The van der Waals surface area contributed by atoms with Gasteiger partial charge in [0.15, 0.2) is 0 Å². The van der Waals surface area contributed by atoms with Gasteiger partial charge >= 0.3 is 0 Å². The van der Waals surface area contributed by atoms with Gasteiger partial charge in [0.05, 0.1) is 5.00 Å². The van der Waals surface area contributed by atoms with Gasteiger partial charge < -0.3 is 4.90 Å². The molecule has 2 heterocycles. The van der Waals surface area contributed by atoms with E-state index >= 15 is 0 Å². The monoisotopic (exact) mass is 181 g/mol. The fraction of sp³-hybridized carbons (Fsp3) is 0.444. The number of thiophene rings is 1. The van der Waals surface area contributed by atoms with Crippen molar-refractivity contribution in [3.63, 3.8) is 0 Å². The summed E-state index contributed by atoms with van der Waals surface area (Å²) in [5.41, 5.74) is 0. The van der Waals surface area contributed by atoms with Crippen LogP contribution < -0.4 is 4.90 Å². The van der Waals surface area contributed by atoms with Gasteiger partial charge in [-0.3, -0.25) is 4.79 Å². The fourth-order valence-electron chi connectivity index (χ4n) is 1.45. The number of anilines is 1. The molecule has 64 valence electrons. The number of rotatable bonds is 1. The molecule has 0 saturated carbocycles. The van der Waals surface area contributed by atoms with Crippen LogP contribution in [0.1, 0.15) is 17.7 Å². The van der Waals surface area contributed by atoms with E-state index in [1.807, 2.05) is 11.0 Å². The van der Waals surface area contributed by atoms with E-state index in [-0.39, 0.29) is 5.91 Å². The first-order chi connectivity index (χ1) is 5.77. The van der Waals surface area contributed by atoms with E-state index in [0.29, 0.717) is 0 Å². The van der Waals surface area contributed by atoms with Gasteiger partial charge in [-0.1, -0.05) is 0 Å². The Morgan fingerprint density at radius 1 is 1.50 bits per heavy atom.